The molecule has 0 aliphatic heterocycles. The molecule has 0 heterocycles. The quantitative estimate of drug-likeness (QED) is 0.801. The maximum atomic E-state index is 13.7. The van der Waals surface area contributed by atoms with Gasteiger partial charge in [0.1, 0.15) is 0 Å². The third-order valence-electron chi connectivity index (χ3n) is 2.90. The fourth-order valence-corrected chi connectivity index (χ4v) is 1.79. The van der Waals surface area contributed by atoms with E-state index in [0.717, 1.165) is 12.1 Å². The zero-order valence-corrected chi connectivity index (χ0v) is 11.7. The Labute approximate surface area is 118 Å². The van der Waals surface area contributed by atoms with Crippen LogP contribution in [-0.2, 0) is 0 Å². The number of nitrogens with one attached hydrogen (secondary N) is 1. The standard InChI is InChI=1S/C16H19FN2O/c1-3-8-20-16-10-15(14(18)9-13(16)17)19-12-6-4-11(2)5-7-12/h4-7,9-10,19H,3,8,18H2,1-2H3. The van der Waals surface area contributed by atoms with Crippen LogP contribution in [-0.4, -0.2) is 6.61 Å². The molecule has 0 aliphatic carbocycles. The van der Waals surface area contributed by atoms with Gasteiger partial charge in [0, 0.05) is 17.8 Å². The third kappa shape index (κ3) is 3.41. The van der Waals surface area contributed by atoms with E-state index in [2.05, 4.69) is 5.32 Å². The number of hydrogen-bond donors (Lipinski definition) is 2. The van der Waals surface area contributed by atoms with E-state index >= 15 is 0 Å². The van der Waals surface area contributed by atoms with E-state index in [0.29, 0.717) is 18.0 Å². The van der Waals surface area contributed by atoms with Crippen LogP contribution in [0.2, 0.25) is 0 Å². The molecule has 0 aliphatic rings. The van der Waals surface area contributed by atoms with Gasteiger partial charge in [-0.25, -0.2) is 4.39 Å². The minimum absolute atomic E-state index is 0.218. The number of halogens is 1. The fraction of sp³-hybridized carbons (Fsp3) is 0.250. The van der Waals surface area contributed by atoms with Crippen molar-refractivity contribution in [3.63, 3.8) is 0 Å². The van der Waals surface area contributed by atoms with E-state index in [1.807, 2.05) is 38.1 Å². The number of rotatable bonds is 5. The Morgan fingerprint density at radius 3 is 2.55 bits per heavy atom. The van der Waals surface area contributed by atoms with Crippen molar-refractivity contribution in [1.82, 2.24) is 0 Å². The van der Waals surface area contributed by atoms with Crippen molar-refractivity contribution < 1.29 is 9.13 Å². The first-order chi connectivity index (χ1) is 9.60. The summed E-state index contributed by atoms with van der Waals surface area (Å²) in [6, 6.07) is 10.8. The lowest BCUT2D eigenvalue weighted by molar-refractivity contribution is 0.301. The van der Waals surface area contributed by atoms with Crippen molar-refractivity contribution in [2.75, 3.05) is 17.7 Å². The van der Waals surface area contributed by atoms with Crippen LogP contribution in [0, 0.1) is 12.7 Å². The van der Waals surface area contributed by atoms with Crippen molar-refractivity contribution in [3.8, 4) is 5.75 Å². The summed E-state index contributed by atoms with van der Waals surface area (Å²) in [5, 5.41) is 3.17. The summed E-state index contributed by atoms with van der Waals surface area (Å²) in [6.45, 7) is 4.47. The molecular formula is C16H19FN2O. The second-order valence-electron chi connectivity index (χ2n) is 4.71. The van der Waals surface area contributed by atoms with Gasteiger partial charge in [0.25, 0.3) is 0 Å². The first kappa shape index (κ1) is 14.2. The Morgan fingerprint density at radius 2 is 1.90 bits per heavy atom. The summed E-state index contributed by atoms with van der Waals surface area (Å²) in [5.41, 5.74) is 8.91. The highest BCUT2D eigenvalue weighted by atomic mass is 19.1. The molecule has 0 saturated heterocycles. The predicted octanol–water partition coefficient (Wildman–Crippen LogP) is 4.25. The van der Waals surface area contributed by atoms with Crippen LogP contribution in [0.4, 0.5) is 21.5 Å². The molecule has 20 heavy (non-hydrogen) atoms. The zero-order chi connectivity index (χ0) is 14.5. The van der Waals surface area contributed by atoms with Crippen LogP contribution in [0.15, 0.2) is 36.4 Å². The van der Waals surface area contributed by atoms with Gasteiger partial charge in [-0.15, -0.1) is 0 Å². The Balaban J connectivity index is 2.24. The minimum atomic E-state index is -0.439. The van der Waals surface area contributed by atoms with E-state index in [1.54, 1.807) is 6.07 Å². The molecular weight excluding hydrogens is 255 g/mol. The van der Waals surface area contributed by atoms with Crippen LogP contribution < -0.4 is 15.8 Å². The lowest BCUT2D eigenvalue weighted by atomic mass is 10.2. The Kier molecular flexibility index (Phi) is 4.45. The van der Waals surface area contributed by atoms with Crippen LogP contribution in [0.3, 0.4) is 0 Å². The highest BCUT2D eigenvalue weighted by Gasteiger charge is 2.09. The van der Waals surface area contributed by atoms with Crippen molar-refractivity contribution in [1.29, 1.82) is 0 Å². The van der Waals surface area contributed by atoms with Gasteiger partial charge in [0.05, 0.1) is 18.0 Å². The third-order valence-corrected chi connectivity index (χ3v) is 2.90. The molecule has 2 rings (SSSR count). The van der Waals surface area contributed by atoms with Gasteiger partial charge >= 0.3 is 0 Å². The highest BCUT2D eigenvalue weighted by molar-refractivity contribution is 5.74. The summed E-state index contributed by atoms with van der Waals surface area (Å²) in [4.78, 5) is 0. The van der Waals surface area contributed by atoms with Gasteiger partial charge in [0.15, 0.2) is 11.6 Å². The number of nitrogens with two attached hydrogens (primary N) is 1. The molecule has 0 unspecified atom stereocenters. The average molecular weight is 274 g/mol. The van der Waals surface area contributed by atoms with Gasteiger partial charge in [-0.3, -0.25) is 0 Å². The molecule has 0 aromatic heterocycles. The molecule has 0 spiro atoms. The maximum absolute atomic E-state index is 13.7. The highest BCUT2D eigenvalue weighted by Crippen LogP contribution is 2.30. The van der Waals surface area contributed by atoms with E-state index in [1.165, 1.54) is 11.6 Å². The number of aryl methyl sites for hydroxylation is 1. The molecule has 3 nitrogen and oxygen atoms in total. The molecule has 0 saturated carbocycles. The summed E-state index contributed by atoms with van der Waals surface area (Å²) in [7, 11) is 0. The number of ether oxygens (including phenoxy) is 1. The van der Waals surface area contributed by atoms with E-state index in [4.69, 9.17) is 10.5 Å². The normalized spacial score (nSPS) is 10.3. The van der Waals surface area contributed by atoms with Gasteiger partial charge in [-0.2, -0.15) is 0 Å². The van der Waals surface area contributed by atoms with Crippen LogP contribution >= 0.6 is 0 Å². The van der Waals surface area contributed by atoms with Gasteiger partial charge in [-0.05, 0) is 25.5 Å². The number of hydrogen-bond acceptors (Lipinski definition) is 3. The largest absolute Gasteiger partial charge is 0.490 e. The van der Waals surface area contributed by atoms with Gasteiger partial charge < -0.3 is 15.8 Å². The molecule has 2 aromatic carbocycles. The summed E-state index contributed by atoms with van der Waals surface area (Å²) in [5.74, 6) is -0.221. The van der Waals surface area contributed by atoms with Gasteiger partial charge in [0.2, 0.25) is 0 Å². The summed E-state index contributed by atoms with van der Waals surface area (Å²) < 4.78 is 19.1. The first-order valence-electron chi connectivity index (χ1n) is 6.65. The van der Waals surface area contributed by atoms with Crippen molar-refractivity contribution in [2.24, 2.45) is 0 Å². The first-order valence-corrected chi connectivity index (χ1v) is 6.65. The Bertz CT molecular complexity index is 582. The monoisotopic (exact) mass is 274 g/mol. The smallest absolute Gasteiger partial charge is 0.167 e. The molecule has 0 fully saturated rings. The summed E-state index contributed by atoms with van der Waals surface area (Å²) >= 11 is 0. The Morgan fingerprint density at radius 1 is 1.20 bits per heavy atom. The SMILES string of the molecule is CCCOc1cc(Nc2ccc(C)cc2)c(N)cc1F. The van der Waals surface area contributed by atoms with E-state index < -0.39 is 5.82 Å². The lowest BCUT2D eigenvalue weighted by Crippen LogP contribution is -2.02. The molecule has 0 amide bonds. The predicted molar refractivity (Wildman–Crippen MR) is 81.1 cm³/mol. The zero-order valence-electron chi connectivity index (χ0n) is 11.7. The molecule has 0 radical (unpaired) electrons. The summed E-state index contributed by atoms with van der Waals surface area (Å²) in [6.07, 6.45) is 0.824. The Hall–Kier alpha value is -2.23. The molecule has 4 heteroatoms. The average Bonchev–Trinajstić information content (AvgIpc) is 2.43. The molecule has 106 valence electrons. The number of benzene rings is 2. The number of nitrogen functional groups attached to an aromatic ring is 1. The molecule has 0 bridgehead atoms. The topological polar surface area (TPSA) is 47.3 Å². The van der Waals surface area contributed by atoms with Crippen LogP contribution in [0.25, 0.3) is 0 Å². The van der Waals surface area contributed by atoms with Crippen molar-refractivity contribution in [3.05, 3.63) is 47.8 Å². The van der Waals surface area contributed by atoms with E-state index in [9.17, 15) is 4.39 Å². The van der Waals surface area contributed by atoms with Crippen molar-refractivity contribution >= 4 is 17.1 Å². The second kappa shape index (κ2) is 6.28. The lowest BCUT2D eigenvalue weighted by Gasteiger charge is -2.13. The maximum Gasteiger partial charge on any atom is 0.167 e. The number of anilines is 3. The van der Waals surface area contributed by atoms with Crippen LogP contribution in [0.1, 0.15) is 18.9 Å². The van der Waals surface area contributed by atoms with Gasteiger partial charge in [-0.1, -0.05) is 24.6 Å². The van der Waals surface area contributed by atoms with Crippen molar-refractivity contribution in [2.45, 2.75) is 20.3 Å². The molecule has 2 aromatic rings. The molecule has 3 N–H and O–H groups in total. The van der Waals surface area contributed by atoms with Crippen LogP contribution in [0.5, 0.6) is 5.75 Å². The second-order valence-corrected chi connectivity index (χ2v) is 4.71. The fourth-order valence-electron chi connectivity index (χ4n) is 1.79. The minimum Gasteiger partial charge on any atom is -0.490 e. The van der Waals surface area contributed by atoms with E-state index in [-0.39, 0.29) is 5.75 Å². The molecule has 0 atom stereocenters.